The molecule has 1 aliphatic rings. The van der Waals surface area contributed by atoms with Crippen molar-refractivity contribution < 1.29 is 14.3 Å². The quantitative estimate of drug-likeness (QED) is 0.217. The van der Waals surface area contributed by atoms with Crippen molar-refractivity contribution in [2.45, 2.75) is 39.7 Å². The molecule has 2 amide bonds. The zero-order valence-corrected chi connectivity index (χ0v) is 23.9. The van der Waals surface area contributed by atoms with Gasteiger partial charge < -0.3 is 25.2 Å². The lowest BCUT2D eigenvalue weighted by Gasteiger charge is -2.39. The van der Waals surface area contributed by atoms with Gasteiger partial charge >= 0.3 is 0 Å². The number of hydrogen-bond acceptors (Lipinski definition) is 7. The predicted octanol–water partition coefficient (Wildman–Crippen LogP) is 5.67. The molecule has 1 unspecified atom stereocenters. The third kappa shape index (κ3) is 7.03. The van der Waals surface area contributed by atoms with E-state index in [-0.39, 0.29) is 28.8 Å². The lowest BCUT2D eigenvalue weighted by atomic mass is 9.93. The minimum atomic E-state index is -0.317. The highest BCUT2D eigenvalue weighted by Crippen LogP contribution is 2.39. The first-order valence-electron chi connectivity index (χ1n) is 13.6. The van der Waals surface area contributed by atoms with Crippen molar-refractivity contribution >= 4 is 35.2 Å². The van der Waals surface area contributed by atoms with Crippen molar-refractivity contribution in [3.8, 4) is 17.6 Å². The van der Waals surface area contributed by atoms with Gasteiger partial charge in [-0.25, -0.2) is 4.98 Å². The number of amides is 2. The number of para-hydroxylation sites is 1. The number of piperidine rings is 1. The van der Waals surface area contributed by atoms with E-state index in [1.165, 1.54) is 0 Å². The largest absolute Gasteiger partial charge is 0.457 e. The fourth-order valence-electron chi connectivity index (χ4n) is 4.95. The number of nitriles is 1. The van der Waals surface area contributed by atoms with Gasteiger partial charge in [0, 0.05) is 32.0 Å². The van der Waals surface area contributed by atoms with E-state index in [1.54, 1.807) is 28.1 Å². The Hall–Kier alpha value is -4.84. The summed E-state index contributed by atoms with van der Waals surface area (Å²) in [6.07, 6.45) is 5.44. The number of anilines is 4. The minimum absolute atomic E-state index is 0.115. The predicted molar refractivity (Wildman–Crippen MR) is 161 cm³/mol. The number of nitrogens with two attached hydrogens (primary N) is 1. The Balaban J connectivity index is 1.58. The van der Waals surface area contributed by atoms with E-state index >= 15 is 0 Å². The number of ether oxygens (including phenoxy) is 1. The minimum Gasteiger partial charge on any atom is -0.457 e. The van der Waals surface area contributed by atoms with Crippen LogP contribution in [0, 0.1) is 16.7 Å². The van der Waals surface area contributed by atoms with Gasteiger partial charge in [-0.05, 0) is 60.7 Å². The molecule has 1 aromatic heterocycles. The molecule has 0 spiro atoms. The van der Waals surface area contributed by atoms with E-state index in [0.717, 1.165) is 17.8 Å². The molecule has 2 heterocycles. The number of nitrogens with zero attached hydrogens (tertiary/aromatic N) is 5. The molecular formula is C32H36N6O3. The monoisotopic (exact) mass is 552 g/mol. The van der Waals surface area contributed by atoms with Crippen LogP contribution in [0.3, 0.4) is 0 Å². The molecule has 41 heavy (non-hydrogen) atoms. The van der Waals surface area contributed by atoms with E-state index in [2.05, 4.69) is 11.1 Å². The molecule has 0 aliphatic carbocycles. The number of rotatable bonds is 8. The van der Waals surface area contributed by atoms with Crippen molar-refractivity contribution in [3.63, 3.8) is 0 Å². The van der Waals surface area contributed by atoms with Crippen molar-refractivity contribution in [1.82, 2.24) is 9.88 Å². The summed E-state index contributed by atoms with van der Waals surface area (Å²) in [5.41, 5.74) is 8.16. The Labute approximate surface area is 241 Å². The fraction of sp³-hybridized carbons (Fsp3) is 0.312. The van der Waals surface area contributed by atoms with Crippen LogP contribution in [0.1, 0.15) is 33.6 Å². The van der Waals surface area contributed by atoms with Gasteiger partial charge in [0.15, 0.2) is 0 Å². The summed E-state index contributed by atoms with van der Waals surface area (Å²) in [7, 11) is 1.86. The molecule has 3 aromatic rings. The summed E-state index contributed by atoms with van der Waals surface area (Å²) in [5, 5.41) is 9.65. The number of nitrogen functional groups attached to an aromatic ring is 1. The Morgan fingerprint density at radius 2 is 1.80 bits per heavy atom. The first-order chi connectivity index (χ1) is 19.6. The summed E-state index contributed by atoms with van der Waals surface area (Å²) < 4.78 is 5.92. The van der Waals surface area contributed by atoms with Crippen LogP contribution in [0.4, 0.5) is 22.9 Å². The van der Waals surface area contributed by atoms with E-state index in [4.69, 9.17) is 10.5 Å². The van der Waals surface area contributed by atoms with E-state index in [9.17, 15) is 14.9 Å². The SMILES string of the molecule is CN(c1ccc(Oc2ccccc2)cc1)c1c(N(C=O)C2CCCN(C(=O)/C(C#N)=C/C(C)(C)C)C2)ccnc1N. The maximum atomic E-state index is 13.2. The number of benzene rings is 2. The van der Waals surface area contributed by atoms with E-state index < -0.39 is 0 Å². The van der Waals surface area contributed by atoms with Gasteiger partial charge in [-0.1, -0.05) is 45.0 Å². The lowest BCUT2D eigenvalue weighted by molar-refractivity contribution is -0.128. The van der Waals surface area contributed by atoms with Crippen LogP contribution in [0.5, 0.6) is 11.5 Å². The first-order valence-corrected chi connectivity index (χ1v) is 13.6. The molecule has 0 saturated carbocycles. The second-order valence-electron chi connectivity index (χ2n) is 11.1. The van der Waals surface area contributed by atoms with Crippen LogP contribution >= 0.6 is 0 Å². The average Bonchev–Trinajstić information content (AvgIpc) is 2.96. The standard InChI is InChI=1S/C32H36N6O3/c1-32(2,3)19-23(20-33)31(40)37-18-8-9-25(21-37)38(22-39)28-16-17-35-30(34)29(28)36(4)24-12-14-27(15-13-24)41-26-10-6-5-7-11-26/h5-7,10-17,19,22,25H,8-9,18,21H2,1-4H3,(H2,34,35)/b23-19+. The third-order valence-corrected chi connectivity index (χ3v) is 6.87. The molecule has 0 radical (unpaired) electrons. The normalized spacial score (nSPS) is 15.5. The van der Waals surface area contributed by atoms with Gasteiger partial charge in [0.25, 0.3) is 5.91 Å². The maximum Gasteiger partial charge on any atom is 0.264 e. The Kier molecular flexibility index (Phi) is 8.93. The van der Waals surface area contributed by atoms with Crippen LogP contribution in [0.15, 0.2) is 78.5 Å². The Morgan fingerprint density at radius 3 is 2.44 bits per heavy atom. The zero-order valence-electron chi connectivity index (χ0n) is 23.9. The zero-order chi connectivity index (χ0) is 29.6. The fourth-order valence-corrected chi connectivity index (χ4v) is 4.95. The second-order valence-corrected chi connectivity index (χ2v) is 11.1. The highest BCUT2D eigenvalue weighted by Gasteiger charge is 2.32. The van der Waals surface area contributed by atoms with Crippen LogP contribution < -0.4 is 20.3 Å². The Bertz CT molecular complexity index is 1440. The topological polar surface area (TPSA) is 116 Å². The molecule has 0 bridgehead atoms. The van der Waals surface area contributed by atoms with Crippen molar-refractivity contribution in [1.29, 1.82) is 5.26 Å². The van der Waals surface area contributed by atoms with Gasteiger partial charge in [0.05, 0.1) is 11.7 Å². The summed E-state index contributed by atoms with van der Waals surface area (Å²) in [6, 6.07) is 20.6. The maximum absolute atomic E-state index is 13.2. The number of carbonyl (C=O) groups excluding carboxylic acids is 2. The number of likely N-dealkylation sites (tertiary alicyclic amines) is 1. The van der Waals surface area contributed by atoms with Crippen molar-refractivity contribution in [3.05, 3.63) is 78.5 Å². The molecule has 9 nitrogen and oxygen atoms in total. The molecule has 2 N–H and O–H groups in total. The third-order valence-electron chi connectivity index (χ3n) is 6.87. The number of aromatic nitrogens is 1. The Morgan fingerprint density at radius 1 is 1.12 bits per heavy atom. The van der Waals surface area contributed by atoms with Crippen LogP contribution in [0.2, 0.25) is 0 Å². The number of hydrogen-bond donors (Lipinski definition) is 1. The number of pyridine rings is 1. The summed E-state index contributed by atoms with van der Waals surface area (Å²) in [6.45, 7) is 6.66. The molecule has 1 saturated heterocycles. The first kappa shape index (κ1) is 29.2. The molecule has 2 aromatic carbocycles. The van der Waals surface area contributed by atoms with E-state index in [0.29, 0.717) is 43.1 Å². The highest BCUT2D eigenvalue weighted by molar-refractivity contribution is 5.97. The number of carbonyl (C=O) groups is 2. The summed E-state index contributed by atoms with van der Waals surface area (Å²) in [5.74, 6) is 1.38. The molecule has 9 heteroatoms. The van der Waals surface area contributed by atoms with Gasteiger partial charge in [0.1, 0.15) is 34.6 Å². The van der Waals surface area contributed by atoms with E-state index in [1.807, 2.05) is 87.3 Å². The summed E-state index contributed by atoms with van der Waals surface area (Å²) in [4.78, 5) is 35.3. The smallest absolute Gasteiger partial charge is 0.264 e. The molecule has 1 fully saturated rings. The second kappa shape index (κ2) is 12.6. The van der Waals surface area contributed by atoms with Crippen LogP contribution in [-0.2, 0) is 9.59 Å². The average molecular weight is 553 g/mol. The van der Waals surface area contributed by atoms with Crippen molar-refractivity contribution in [2.24, 2.45) is 5.41 Å². The van der Waals surface area contributed by atoms with Crippen molar-refractivity contribution in [2.75, 3.05) is 35.7 Å². The highest BCUT2D eigenvalue weighted by atomic mass is 16.5. The molecule has 1 aliphatic heterocycles. The lowest BCUT2D eigenvalue weighted by Crippen LogP contribution is -2.50. The van der Waals surface area contributed by atoms with Gasteiger partial charge in [-0.2, -0.15) is 5.26 Å². The molecular weight excluding hydrogens is 516 g/mol. The van der Waals surface area contributed by atoms with Gasteiger partial charge in [0.2, 0.25) is 6.41 Å². The number of allylic oxidation sites excluding steroid dienone is 1. The van der Waals surface area contributed by atoms with Gasteiger partial charge in [-0.15, -0.1) is 0 Å². The van der Waals surface area contributed by atoms with Crippen LogP contribution in [-0.4, -0.2) is 48.4 Å². The molecule has 212 valence electrons. The summed E-state index contributed by atoms with van der Waals surface area (Å²) >= 11 is 0. The van der Waals surface area contributed by atoms with Crippen LogP contribution in [0.25, 0.3) is 0 Å². The van der Waals surface area contributed by atoms with Gasteiger partial charge in [-0.3, -0.25) is 9.59 Å². The molecule has 1 atom stereocenters. The molecule has 4 rings (SSSR count).